The summed E-state index contributed by atoms with van der Waals surface area (Å²) in [4.78, 5) is 18.0. The van der Waals surface area contributed by atoms with Gasteiger partial charge in [-0.1, -0.05) is 23.8 Å². The maximum absolute atomic E-state index is 12.3. The zero-order chi connectivity index (χ0) is 21.8. The Balaban J connectivity index is 1.90. The van der Waals surface area contributed by atoms with Gasteiger partial charge in [0.15, 0.2) is 0 Å². The van der Waals surface area contributed by atoms with Gasteiger partial charge in [-0.05, 0) is 45.7 Å². The molecule has 0 spiro atoms. The van der Waals surface area contributed by atoms with Crippen LogP contribution in [0.3, 0.4) is 0 Å². The number of anilines is 1. The Morgan fingerprint density at radius 2 is 2.07 bits per heavy atom. The number of carbonyl (C=O) groups excluding carboxylic acids is 1. The number of nitrogens with zero attached hydrogens (tertiary/aromatic N) is 2. The number of thiophene rings is 1. The number of nitrogens with one attached hydrogen (secondary N) is 1. The molecule has 1 N–H and O–H groups in total. The summed E-state index contributed by atoms with van der Waals surface area (Å²) in [6.07, 6.45) is 1.61. The molecule has 0 aliphatic heterocycles. The number of carbonyl (C=O) groups is 1. The number of allylic oxidation sites excluding steroid dienone is 1. The predicted molar refractivity (Wildman–Crippen MR) is 124 cm³/mol. The number of hydrogen-bond acceptors (Lipinski definition) is 7. The summed E-state index contributed by atoms with van der Waals surface area (Å²) in [5.41, 5.74) is 6.08. The molecule has 0 saturated carbocycles. The van der Waals surface area contributed by atoms with Gasteiger partial charge in [0.25, 0.3) is 0 Å². The minimum Gasteiger partial charge on any atom is -0.462 e. The topological polar surface area (TPSA) is 75.0 Å². The van der Waals surface area contributed by atoms with Gasteiger partial charge in [0, 0.05) is 22.0 Å². The molecule has 3 aromatic rings. The number of aromatic nitrogens is 1. The first-order valence-electron chi connectivity index (χ1n) is 9.53. The van der Waals surface area contributed by atoms with E-state index in [1.165, 1.54) is 28.2 Å². The van der Waals surface area contributed by atoms with Gasteiger partial charge in [0.2, 0.25) is 0 Å². The van der Waals surface area contributed by atoms with E-state index in [0.29, 0.717) is 27.8 Å². The van der Waals surface area contributed by atoms with Crippen LogP contribution in [0.25, 0.3) is 16.8 Å². The Labute approximate surface area is 184 Å². The predicted octanol–water partition coefficient (Wildman–Crippen LogP) is 6.26. The molecule has 30 heavy (non-hydrogen) atoms. The largest absolute Gasteiger partial charge is 0.462 e. The van der Waals surface area contributed by atoms with Crippen molar-refractivity contribution in [3.05, 3.63) is 61.9 Å². The number of aryl methyl sites for hydroxylation is 3. The van der Waals surface area contributed by atoms with Crippen molar-refractivity contribution >= 4 is 39.2 Å². The van der Waals surface area contributed by atoms with E-state index in [0.717, 1.165) is 27.3 Å². The summed E-state index contributed by atoms with van der Waals surface area (Å²) in [5.74, 6) is -0.361. The second kappa shape index (κ2) is 9.24. The van der Waals surface area contributed by atoms with Crippen LogP contribution in [-0.4, -0.2) is 17.6 Å². The fourth-order valence-corrected chi connectivity index (χ4v) is 4.88. The average molecular weight is 438 g/mol. The van der Waals surface area contributed by atoms with Crippen molar-refractivity contribution in [3.8, 4) is 17.3 Å². The number of rotatable bonds is 6. The Hall–Kier alpha value is -2.95. The molecule has 0 radical (unpaired) electrons. The lowest BCUT2D eigenvalue weighted by atomic mass is 10.0. The molecule has 0 aliphatic carbocycles. The number of hydrogen-bond donors (Lipinski definition) is 1. The van der Waals surface area contributed by atoms with E-state index in [1.54, 1.807) is 13.1 Å². The zero-order valence-electron chi connectivity index (χ0n) is 17.6. The maximum atomic E-state index is 12.3. The second-order valence-electron chi connectivity index (χ2n) is 6.88. The van der Waals surface area contributed by atoms with Crippen LogP contribution in [0.5, 0.6) is 0 Å². The highest BCUT2D eigenvalue weighted by atomic mass is 32.1. The van der Waals surface area contributed by atoms with Crippen LogP contribution < -0.4 is 5.32 Å². The van der Waals surface area contributed by atoms with Gasteiger partial charge in [0.05, 0.1) is 17.9 Å². The molecular formula is C23H23N3O2S2. The van der Waals surface area contributed by atoms with Crippen LogP contribution in [-0.2, 0) is 4.74 Å². The Morgan fingerprint density at radius 1 is 1.30 bits per heavy atom. The van der Waals surface area contributed by atoms with Crippen molar-refractivity contribution in [2.45, 2.75) is 34.6 Å². The van der Waals surface area contributed by atoms with Crippen molar-refractivity contribution in [1.82, 2.24) is 4.98 Å². The molecule has 0 fully saturated rings. The summed E-state index contributed by atoms with van der Waals surface area (Å²) >= 11 is 2.89. The number of benzene rings is 1. The van der Waals surface area contributed by atoms with E-state index in [1.807, 2.05) is 19.2 Å². The standard InChI is InChI=1S/C23H23N3O2S2/c1-6-28-23(27)20-15(4)16(5)30-22(20)25-11-17(10-24)21-26-19(12-29-21)18-8-7-13(2)9-14(18)3/h7-9,11-12,25H,6H2,1-5H3/b17-11-. The molecule has 0 atom stereocenters. The van der Waals surface area contributed by atoms with Crippen LogP contribution in [0.2, 0.25) is 0 Å². The smallest absolute Gasteiger partial charge is 0.341 e. The SMILES string of the molecule is CCOC(=O)c1c(N/C=C(/C#N)c2nc(-c3ccc(C)cc3C)cs2)sc(C)c1C. The van der Waals surface area contributed by atoms with Crippen molar-refractivity contribution < 1.29 is 9.53 Å². The lowest BCUT2D eigenvalue weighted by Gasteiger charge is -2.05. The summed E-state index contributed by atoms with van der Waals surface area (Å²) in [7, 11) is 0. The molecule has 3 rings (SSSR count). The molecule has 154 valence electrons. The molecule has 0 aliphatic rings. The highest BCUT2D eigenvalue weighted by molar-refractivity contribution is 7.16. The van der Waals surface area contributed by atoms with Gasteiger partial charge in [-0.2, -0.15) is 5.26 Å². The molecule has 0 saturated heterocycles. The summed E-state index contributed by atoms with van der Waals surface area (Å²) in [6.45, 7) is 10.1. The summed E-state index contributed by atoms with van der Waals surface area (Å²) in [5, 5.41) is 16.1. The number of esters is 1. The third-order valence-corrected chi connectivity index (χ3v) is 6.74. The van der Waals surface area contributed by atoms with Crippen LogP contribution >= 0.6 is 22.7 Å². The first-order chi connectivity index (χ1) is 14.3. The third kappa shape index (κ3) is 4.45. The lowest BCUT2D eigenvalue weighted by Crippen LogP contribution is -2.07. The quantitative estimate of drug-likeness (QED) is 0.364. The van der Waals surface area contributed by atoms with Crippen LogP contribution in [0.15, 0.2) is 29.8 Å². The van der Waals surface area contributed by atoms with Crippen molar-refractivity contribution in [2.75, 3.05) is 11.9 Å². The van der Waals surface area contributed by atoms with Crippen molar-refractivity contribution in [2.24, 2.45) is 0 Å². The Kier molecular flexibility index (Phi) is 6.70. The van der Waals surface area contributed by atoms with E-state index >= 15 is 0 Å². The van der Waals surface area contributed by atoms with Gasteiger partial charge in [-0.3, -0.25) is 0 Å². The number of nitriles is 1. The first-order valence-corrected chi connectivity index (χ1v) is 11.2. The highest BCUT2D eigenvalue weighted by Crippen LogP contribution is 2.34. The van der Waals surface area contributed by atoms with Crippen LogP contribution in [0.4, 0.5) is 5.00 Å². The fraction of sp³-hybridized carbons (Fsp3) is 0.261. The van der Waals surface area contributed by atoms with E-state index in [4.69, 9.17) is 4.74 Å². The molecule has 7 heteroatoms. The molecule has 0 unspecified atom stereocenters. The Bertz CT molecular complexity index is 1170. The van der Waals surface area contributed by atoms with E-state index in [9.17, 15) is 10.1 Å². The minimum absolute atomic E-state index is 0.312. The zero-order valence-corrected chi connectivity index (χ0v) is 19.3. The Morgan fingerprint density at radius 3 is 2.73 bits per heavy atom. The van der Waals surface area contributed by atoms with E-state index in [-0.39, 0.29) is 5.97 Å². The molecule has 5 nitrogen and oxygen atoms in total. The van der Waals surface area contributed by atoms with E-state index < -0.39 is 0 Å². The fourth-order valence-electron chi connectivity index (χ4n) is 3.08. The third-order valence-electron chi connectivity index (χ3n) is 4.73. The first kappa shape index (κ1) is 21.8. The van der Waals surface area contributed by atoms with Gasteiger partial charge in [0.1, 0.15) is 21.7 Å². The second-order valence-corrected chi connectivity index (χ2v) is 8.96. The van der Waals surface area contributed by atoms with Gasteiger partial charge in [-0.15, -0.1) is 22.7 Å². The molecular weight excluding hydrogens is 414 g/mol. The van der Waals surface area contributed by atoms with Crippen molar-refractivity contribution in [3.63, 3.8) is 0 Å². The van der Waals surface area contributed by atoms with Crippen LogP contribution in [0, 0.1) is 39.0 Å². The maximum Gasteiger partial charge on any atom is 0.341 e. The van der Waals surface area contributed by atoms with Crippen LogP contribution in [0.1, 0.15) is 43.9 Å². The number of thiazole rings is 1. The molecule has 2 heterocycles. The highest BCUT2D eigenvalue weighted by Gasteiger charge is 2.20. The van der Waals surface area contributed by atoms with Gasteiger partial charge < -0.3 is 10.1 Å². The molecule has 2 aromatic heterocycles. The molecule has 1 aromatic carbocycles. The molecule has 0 bridgehead atoms. The normalized spacial score (nSPS) is 11.3. The van der Waals surface area contributed by atoms with Crippen molar-refractivity contribution in [1.29, 1.82) is 5.26 Å². The summed E-state index contributed by atoms with van der Waals surface area (Å²) < 4.78 is 5.18. The lowest BCUT2D eigenvalue weighted by molar-refractivity contribution is 0.0527. The summed E-state index contributed by atoms with van der Waals surface area (Å²) in [6, 6.07) is 8.44. The molecule has 0 amide bonds. The minimum atomic E-state index is -0.361. The van der Waals surface area contributed by atoms with Gasteiger partial charge >= 0.3 is 5.97 Å². The average Bonchev–Trinajstić information content (AvgIpc) is 3.28. The van der Waals surface area contributed by atoms with Gasteiger partial charge in [-0.25, -0.2) is 9.78 Å². The van der Waals surface area contributed by atoms with E-state index in [2.05, 4.69) is 48.4 Å². The number of ether oxygens (including phenoxy) is 1. The monoisotopic (exact) mass is 437 g/mol.